The van der Waals surface area contributed by atoms with Crippen molar-refractivity contribution in [2.75, 3.05) is 39.5 Å². The van der Waals surface area contributed by atoms with Gasteiger partial charge >= 0.3 is 0 Å². The third-order valence-corrected chi connectivity index (χ3v) is 5.61. The van der Waals surface area contributed by atoms with E-state index in [2.05, 4.69) is 20.6 Å². The smallest absolute Gasteiger partial charge is 0.0949 e. The van der Waals surface area contributed by atoms with E-state index < -0.39 is 0 Å². The first-order chi connectivity index (χ1) is 10.8. The van der Waals surface area contributed by atoms with Crippen LogP contribution in [0.2, 0.25) is 0 Å². The van der Waals surface area contributed by atoms with Crippen LogP contribution in [0, 0.1) is 5.92 Å². The number of hydrogen-bond donors (Lipinski definition) is 0. The summed E-state index contributed by atoms with van der Waals surface area (Å²) in [6, 6.07) is 0.463. The fraction of sp³-hybridized carbons (Fsp3) is 0.824. The summed E-state index contributed by atoms with van der Waals surface area (Å²) < 4.78 is 14.0. The van der Waals surface area contributed by atoms with Crippen molar-refractivity contribution in [1.29, 1.82) is 0 Å². The van der Waals surface area contributed by atoms with Crippen LogP contribution in [0.3, 0.4) is 0 Å². The Hall–Kier alpha value is -0.910. The molecule has 1 aromatic rings. The molecule has 0 aliphatic carbocycles. The van der Waals surface area contributed by atoms with Gasteiger partial charge in [-0.3, -0.25) is 0 Å². The Morgan fingerprint density at radius 2 is 2.18 bits per heavy atom. The largest absolute Gasteiger partial charge is 0.381 e. The molecule has 2 atom stereocenters. The van der Waals surface area contributed by atoms with Crippen LogP contribution in [0.1, 0.15) is 38.1 Å². The van der Waals surface area contributed by atoms with E-state index in [0.717, 1.165) is 38.7 Å². The molecule has 0 unspecified atom stereocenters. The zero-order valence-electron chi connectivity index (χ0n) is 13.3. The zero-order chi connectivity index (χ0) is 14.8. The molecule has 0 amide bonds. The van der Waals surface area contributed by atoms with E-state index in [4.69, 9.17) is 9.47 Å². The van der Waals surface area contributed by atoms with Crippen LogP contribution >= 0.6 is 0 Å². The number of hydrogen-bond acceptors (Lipinski definition) is 4. The second-order valence-electron chi connectivity index (χ2n) is 7.26. The number of piperidine rings is 1. The first-order valence-electron chi connectivity index (χ1n) is 8.75. The van der Waals surface area contributed by atoms with Crippen molar-refractivity contribution in [2.24, 2.45) is 5.92 Å². The van der Waals surface area contributed by atoms with E-state index in [1.54, 1.807) is 0 Å². The fourth-order valence-electron chi connectivity index (χ4n) is 4.42. The third-order valence-electron chi connectivity index (χ3n) is 5.61. The Morgan fingerprint density at radius 3 is 3.00 bits per heavy atom. The predicted octanol–water partition coefficient (Wildman–Crippen LogP) is 2.11. The van der Waals surface area contributed by atoms with Gasteiger partial charge in [0.2, 0.25) is 0 Å². The molecule has 1 spiro atoms. The number of rotatable bonds is 3. The molecule has 3 aliphatic rings. The second-order valence-corrected chi connectivity index (χ2v) is 7.26. The normalized spacial score (nSPS) is 34.5. The Morgan fingerprint density at radius 1 is 1.27 bits per heavy atom. The van der Waals surface area contributed by atoms with Crippen LogP contribution in [-0.2, 0) is 9.47 Å². The standard InChI is InChI=1S/C17H27N3O2/c1-4-17(10-16(12-22-17)20-7-5-18-14-20)13-19(6-1)11-15-2-8-21-9-3-15/h5,7,14-16H,1-4,6,8-13H2/t16-,17+/m1/s1. The van der Waals surface area contributed by atoms with E-state index in [0.29, 0.717) is 6.04 Å². The maximum atomic E-state index is 6.32. The minimum absolute atomic E-state index is 0.0817. The van der Waals surface area contributed by atoms with Crippen LogP contribution < -0.4 is 0 Å². The molecular formula is C17H27N3O2. The van der Waals surface area contributed by atoms with Crippen molar-refractivity contribution in [3.63, 3.8) is 0 Å². The Bertz CT molecular complexity index is 472. The SMILES string of the molecule is c1cn([C@H]2CO[C@@]3(CCCN(CC4CCOCC4)C3)C2)cn1. The number of likely N-dealkylation sites (tertiary alicyclic amines) is 1. The summed E-state index contributed by atoms with van der Waals surface area (Å²) in [5, 5.41) is 0. The van der Waals surface area contributed by atoms with Gasteiger partial charge in [-0.15, -0.1) is 0 Å². The average Bonchev–Trinajstić information content (AvgIpc) is 3.19. The van der Waals surface area contributed by atoms with Gasteiger partial charge in [-0.05, 0) is 38.1 Å². The van der Waals surface area contributed by atoms with Crippen molar-refractivity contribution in [3.8, 4) is 0 Å². The van der Waals surface area contributed by atoms with Gasteiger partial charge in [-0.1, -0.05) is 0 Å². The minimum Gasteiger partial charge on any atom is -0.381 e. The van der Waals surface area contributed by atoms with Gasteiger partial charge in [0.25, 0.3) is 0 Å². The van der Waals surface area contributed by atoms with Crippen LogP contribution in [0.15, 0.2) is 18.7 Å². The van der Waals surface area contributed by atoms with Crippen molar-refractivity contribution in [2.45, 2.75) is 43.7 Å². The molecule has 4 rings (SSSR count). The van der Waals surface area contributed by atoms with Crippen molar-refractivity contribution < 1.29 is 9.47 Å². The maximum absolute atomic E-state index is 6.32. The Kier molecular flexibility index (Phi) is 4.20. The number of ether oxygens (including phenoxy) is 2. The van der Waals surface area contributed by atoms with Gasteiger partial charge in [-0.2, -0.15) is 0 Å². The van der Waals surface area contributed by atoms with Gasteiger partial charge in [0.15, 0.2) is 0 Å². The van der Waals surface area contributed by atoms with E-state index >= 15 is 0 Å². The molecule has 122 valence electrons. The van der Waals surface area contributed by atoms with E-state index in [9.17, 15) is 0 Å². The van der Waals surface area contributed by atoms with Crippen molar-refractivity contribution in [3.05, 3.63) is 18.7 Å². The lowest BCUT2D eigenvalue weighted by molar-refractivity contribution is -0.0581. The lowest BCUT2D eigenvalue weighted by atomic mass is 9.87. The first-order valence-corrected chi connectivity index (χ1v) is 8.75. The minimum atomic E-state index is 0.0817. The predicted molar refractivity (Wildman–Crippen MR) is 83.8 cm³/mol. The number of nitrogens with zero attached hydrogens (tertiary/aromatic N) is 3. The Balaban J connectivity index is 1.36. The highest BCUT2D eigenvalue weighted by molar-refractivity contribution is 4.98. The van der Waals surface area contributed by atoms with Crippen molar-refractivity contribution >= 4 is 0 Å². The summed E-state index contributed by atoms with van der Waals surface area (Å²) in [5.74, 6) is 0.815. The van der Waals surface area contributed by atoms with E-state index in [-0.39, 0.29) is 5.60 Å². The van der Waals surface area contributed by atoms with Gasteiger partial charge in [0, 0.05) is 45.1 Å². The molecule has 4 heterocycles. The summed E-state index contributed by atoms with van der Waals surface area (Å²) >= 11 is 0. The molecule has 3 fully saturated rings. The zero-order valence-corrected chi connectivity index (χ0v) is 13.3. The quantitative estimate of drug-likeness (QED) is 0.857. The van der Waals surface area contributed by atoms with E-state index in [1.807, 2.05) is 12.5 Å². The highest BCUT2D eigenvalue weighted by Gasteiger charge is 2.44. The molecule has 3 saturated heterocycles. The summed E-state index contributed by atoms with van der Waals surface area (Å²) in [6.45, 7) is 6.30. The third kappa shape index (κ3) is 3.07. The average molecular weight is 305 g/mol. The van der Waals surface area contributed by atoms with Gasteiger partial charge in [-0.25, -0.2) is 4.98 Å². The molecule has 0 N–H and O–H groups in total. The van der Waals surface area contributed by atoms with Gasteiger partial charge in [0.05, 0.1) is 24.6 Å². The summed E-state index contributed by atoms with van der Waals surface area (Å²) in [4.78, 5) is 6.83. The fourth-order valence-corrected chi connectivity index (χ4v) is 4.42. The maximum Gasteiger partial charge on any atom is 0.0949 e. The van der Waals surface area contributed by atoms with Crippen molar-refractivity contribution in [1.82, 2.24) is 14.5 Å². The molecule has 1 aromatic heterocycles. The second kappa shape index (κ2) is 6.30. The summed E-state index contributed by atoms with van der Waals surface area (Å²) in [6.07, 6.45) is 11.9. The highest BCUT2D eigenvalue weighted by Crippen LogP contribution is 2.39. The van der Waals surface area contributed by atoms with Gasteiger partial charge < -0.3 is 18.9 Å². The summed E-state index contributed by atoms with van der Waals surface area (Å²) in [5.41, 5.74) is 0.0817. The monoisotopic (exact) mass is 305 g/mol. The first kappa shape index (κ1) is 14.7. The Labute approximate surface area is 132 Å². The molecular weight excluding hydrogens is 278 g/mol. The van der Waals surface area contributed by atoms with Crippen LogP contribution in [0.4, 0.5) is 0 Å². The van der Waals surface area contributed by atoms with E-state index in [1.165, 1.54) is 38.8 Å². The molecule has 5 nitrogen and oxygen atoms in total. The van der Waals surface area contributed by atoms with Crippen LogP contribution in [0.5, 0.6) is 0 Å². The molecule has 5 heteroatoms. The van der Waals surface area contributed by atoms with Gasteiger partial charge in [0.1, 0.15) is 0 Å². The molecule has 0 radical (unpaired) electrons. The molecule has 3 aliphatic heterocycles. The lowest BCUT2D eigenvalue weighted by Crippen LogP contribution is -2.49. The number of imidazole rings is 1. The highest BCUT2D eigenvalue weighted by atomic mass is 16.5. The van der Waals surface area contributed by atoms with Crippen LogP contribution in [-0.4, -0.2) is 59.5 Å². The summed E-state index contributed by atoms with van der Waals surface area (Å²) in [7, 11) is 0. The topological polar surface area (TPSA) is 39.5 Å². The van der Waals surface area contributed by atoms with Crippen LogP contribution in [0.25, 0.3) is 0 Å². The molecule has 0 saturated carbocycles. The molecule has 0 aromatic carbocycles. The molecule has 22 heavy (non-hydrogen) atoms. The number of aromatic nitrogens is 2. The molecule has 0 bridgehead atoms. The lowest BCUT2D eigenvalue weighted by Gasteiger charge is -2.41.